The van der Waals surface area contributed by atoms with E-state index in [1.807, 2.05) is 0 Å². The van der Waals surface area contributed by atoms with E-state index in [0.717, 1.165) is 0 Å². The van der Waals surface area contributed by atoms with Crippen molar-refractivity contribution in [1.29, 1.82) is 0 Å². The van der Waals surface area contributed by atoms with Gasteiger partial charge in [-0.15, -0.1) is 0 Å². The van der Waals surface area contributed by atoms with Crippen LogP contribution in [0.5, 0.6) is 11.6 Å². The van der Waals surface area contributed by atoms with Gasteiger partial charge < -0.3 is 4.74 Å². The van der Waals surface area contributed by atoms with Crippen LogP contribution in [0.1, 0.15) is 5.56 Å². The number of para-hydroxylation sites is 1. The van der Waals surface area contributed by atoms with E-state index in [-0.39, 0.29) is 17.3 Å². The van der Waals surface area contributed by atoms with Gasteiger partial charge in [0.25, 0.3) is 0 Å². The molecular weight excluding hydrogens is 302 g/mol. The summed E-state index contributed by atoms with van der Waals surface area (Å²) in [4.78, 5) is 18.2. The standard InChI is InChI=1S/C11H8BrN3O3/c1-7-3-2-4-8(11(7)15(16)17)18-10-5-9(12)13-6-14-10/h2-6H,1H3. The molecule has 0 radical (unpaired) electrons. The van der Waals surface area contributed by atoms with Crippen molar-refractivity contribution in [2.45, 2.75) is 6.92 Å². The average molecular weight is 310 g/mol. The SMILES string of the molecule is Cc1cccc(Oc2cc(Br)ncn2)c1[N+](=O)[O-]. The molecule has 2 rings (SSSR count). The topological polar surface area (TPSA) is 78.2 Å². The number of hydrogen-bond donors (Lipinski definition) is 0. The molecule has 1 aromatic carbocycles. The van der Waals surface area contributed by atoms with Gasteiger partial charge >= 0.3 is 5.69 Å². The molecule has 0 aliphatic heterocycles. The first-order chi connectivity index (χ1) is 8.58. The van der Waals surface area contributed by atoms with Crippen LogP contribution < -0.4 is 4.74 Å². The molecule has 0 fully saturated rings. The van der Waals surface area contributed by atoms with Gasteiger partial charge in [-0.2, -0.15) is 0 Å². The number of aromatic nitrogens is 2. The third kappa shape index (κ3) is 2.62. The quantitative estimate of drug-likeness (QED) is 0.494. The molecule has 6 nitrogen and oxygen atoms in total. The summed E-state index contributed by atoms with van der Waals surface area (Å²) in [5, 5.41) is 11.0. The third-order valence-corrected chi connectivity index (χ3v) is 2.64. The minimum atomic E-state index is -0.471. The summed E-state index contributed by atoms with van der Waals surface area (Å²) in [5.74, 6) is 0.399. The first-order valence-corrected chi connectivity index (χ1v) is 5.76. The lowest BCUT2D eigenvalue weighted by atomic mass is 10.2. The predicted molar refractivity (Wildman–Crippen MR) is 67.6 cm³/mol. The number of nitro groups is 1. The zero-order valence-electron chi connectivity index (χ0n) is 9.33. The molecule has 0 aliphatic carbocycles. The molecule has 0 amide bonds. The summed E-state index contributed by atoms with van der Waals surface area (Å²) in [6.07, 6.45) is 1.31. The first kappa shape index (κ1) is 12.4. The Morgan fingerprint density at radius 3 is 2.83 bits per heavy atom. The fraction of sp³-hybridized carbons (Fsp3) is 0.0909. The van der Waals surface area contributed by atoms with Crippen LogP contribution in [0.15, 0.2) is 35.2 Å². The molecule has 1 aromatic heterocycles. The monoisotopic (exact) mass is 309 g/mol. The minimum Gasteiger partial charge on any atom is -0.432 e. The van der Waals surface area contributed by atoms with Gasteiger partial charge in [-0.05, 0) is 28.9 Å². The molecule has 0 bridgehead atoms. The van der Waals surface area contributed by atoms with Crippen molar-refractivity contribution in [3.63, 3.8) is 0 Å². The Morgan fingerprint density at radius 1 is 1.39 bits per heavy atom. The van der Waals surface area contributed by atoms with Crippen molar-refractivity contribution < 1.29 is 9.66 Å². The summed E-state index contributed by atoms with van der Waals surface area (Å²) in [5.41, 5.74) is 0.470. The number of aryl methyl sites for hydroxylation is 1. The van der Waals surface area contributed by atoms with E-state index in [9.17, 15) is 10.1 Å². The number of hydrogen-bond acceptors (Lipinski definition) is 5. The number of benzene rings is 1. The molecule has 0 saturated heterocycles. The Labute approximate surface area is 111 Å². The van der Waals surface area contributed by atoms with Crippen LogP contribution in [0.4, 0.5) is 5.69 Å². The van der Waals surface area contributed by atoms with Gasteiger partial charge in [0, 0.05) is 11.6 Å². The third-order valence-electron chi connectivity index (χ3n) is 2.21. The molecule has 18 heavy (non-hydrogen) atoms. The number of halogens is 1. The lowest BCUT2D eigenvalue weighted by Crippen LogP contribution is -1.97. The fourth-order valence-electron chi connectivity index (χ4n) is 1.43. The molecule has 1 heterocycles. The molecule has 0 aliphatic rings. The van der Waals surface area contributed by atoms with Crippen LogP contribution in [-0.2, 0) is 0 Å². The zero-order valence-corrected chi connectivity index (χ0v) is 10.9. The second-order valence-electron chi connectivity index (χ2n) is 3.46. The van der Waals surface area contributed by atoms with Crippen LogP contribution in [0.25, 0.3) is 0 Å². The second-order valence-corrected chi connectivity index (χ2v) is 4.27. The maximum atomic E-state index is 11.0. The van der Waals surface area contributed by atoms with Crippen molar-refractivity contribution in [2.75, 3.05) is 0 Å². The van der Waals surface area contributed by atoms with E-state index in [1.165, 1.54) is 18.5 Å². The predicted octanol–water partition coefficient (Wildman–Crippen LogP) is 3.25. The van der Waals surface area contributed by atoms with E-state index in [4.69, 9.17) is 4.74 Å². The van der Waals surface area contributed by atoms with Gasteiger partial charge in [0.05, 0.1) is 4.92 Å². The van der Waals surface area contributed by atoms with Crippen LogP contribution >= 0.6 is 15.9 Å². The molecule has 0 spiro atoms. The molecule has 92 valence electrons. The Kier molecular flexibility index (Phi) is 3.52. The van der Waals surface area contributed by atoms with Crippen molar-refractivity contribution in [3.8, 4) is 11.6 Å². The minimum absolute atomic E-state index is 0.0627. The smallest absolute Gasteiger partial charge is 0.314 e. The van der Waals surface area contributed by atoms with E-state index >= 15 is 0 Å². The highest BCUT2D eigenvalue weighted by Gasteiger charge is 2.19. The highest BCUT2D eigenvalue weighted by atomic mass is 79.9. The summed E-state index contributed by atoms with van der Waals surface area (Å²) >= 11 is 3.17. The van der Waals surface area contributed by atoms with E-state index in [0.29, 0.717) is 10.2 Å². The Morgan fingerprint density at radius 2 is 2.17 bits per heavy atom. The van der Waals surface area contributed by atoms with Gasteiger partial charge in [-0.3, -0.25) is 10.1 Å². The molecule has 7 heteroatoms. The van der Waals surface area contributed by atoms with Crippen molar-refractivity contribution in [3.05, 3.63) is 50.9 Å². The highest BCUT2D eigenvalue weighted by Crippen LogP contribution is 2.33. The lowest BCUT2D eigenvalue weighted by molar-refractivity contribution is -0.386. The molecule has 2 aromatic rings. The van der Waals surface area contributed by atoms with E-state index < -0.39 is 4.92 Å². The zero-order chi connectivity index (χ0) is 13.1. The van der Waals surface area contributed by atoms with Crippen molar-refractivity contribution in [1.82, 2.24) is 9.97 Å². The van der Waals surface area contributed by atoms with Gasteiger partial charge in [0.1, 0.15) is 10.9 Å². The lowest BCUT2D eigenvalue weighted by Gasteiger charge is -2.06. The Hall–Kier alpha value is -2.02. The summed E-state index contributed by atoms with van der Waals surface area (Å²) < 4.78 is 5.95. The van der Waals surface area contributed by atoms with Crippen LogP contribution in [-0.4, -0.2) is 14.9 Å². The Bertz CT molecular complexity index is 604. The highest BCUT2D eigenvalue weighted by molar-refractivity contribution is 9.10. The maximum Gasteiger partial charge on any atom is 0.314 e. The van der Waals surface area contributed by atoms with Crippen LogP contribution in [0, 0.1) is 17.0 Å². The average Bonchev–Trinajstić information content (AvgIpc) is 2.28. The number of nitro benzene ring substituents is 1. The van der Waals surface area contributed by atoms with Crippen LogP contribution in [0.3, 0.4) is 0 Å². The van der Waals surface area contributed by atoms with Gasteiger partial charge in [0.15, 0.2) is 0 Å². The molecule has 0 atom stereocenters. The van der Waals surface area contributed by atoms with Gasteiger partial charge in [-0.1, -0.05) is 12.1 Å². The summed E-state index contributed by atoms with van der Waals surface area (Å²) in [7, 11) is 0. The van der Waals surface area contributed by atoms with Crippen LogP contribution in [0.2, 0.25) is 0 Å². The van der Waals surface area contributed by atoms with Gasteiger partial charge in [0.2, 0.25) is 11.6 Å². The summed E-state index contributed by atoms with van der Waals surface area (Å²) in [6.45, 7) is 1.65. The normalized spacial score (nSPS) is 10.1. The summed E-state index contributed by atoms with van der Waals surface area (Å²) in [6, 6.07) is 6.40. The van der Waals surface area contributed by atoms with Crippen molar-refractivity contribution >= 4 is 21.6 Å². The molecule has 0 saturated carbocycles. The Balaban J connectivity index is 2.40. The van der Waals surface area contributed by atoms with Crippen molar-refractivity contribution in [2.24, 2.45) is 0 Å². The van der Waals surface area contributed by atoms with Gasteiger partial charge in [-0.25, -0.2) is 9.97 Å². The molecular formula is C11H8BrN3O3. The number of ether oxygens (including phenoxy) is 1. The fourth-order valence-corrected chi connectivity index (χ4v) is 1.72. The number of rotatable bonds is 3. The second kappa shape index (κ2) is 5.09. The maximum absolute atomic E-state index is 11.0. The molecule has 0 unspecified atom stereocenters. The van der Waals surface area contributed by atoms with E-state index in [1.54, 1.807) is 19.1 Å². The number of nitrogens with zero attached hydrogens (tertiary/aromatic N) is 3. The largest absolute Gasteiger partial charge is 0.432 e. The molecule has 0 N–H and O–H groups in total. The first-order valence-electron chi connectivity index (χ1n) is 4.97. The van der Waals surface area contributed by atoms with E-state index in [2.05, 4.69) is 25.9 Å².